The molecule has 0 aromatic heterocycles. The van der Waals surface area contributed by atoms with Crippen molar-refractivity contribution in [3.8, 4) is 0 Å². The van der Waals surface area contributed by atoms with Crippen molar-refractivity contribution >= 4 is 0 Å². The minimum Gasteiger partial charge on any atom is -0.0654 e. The lowest BCUT2D eigenvalue weighted by Gasteiger charge is -2.38. The molecule has 2 aliphatic rings. The maximum atomic E-state index is 2.35. The van der Waals surface area contributed by atoms with E-state index in [0.29, 0.717) is 0 Å². The zero-order chi connectivity index (χ0) is 16.8. The smallest absolute Gasteiger partial charge is 0.0274 e. The Hall–Kier alpha value is -0.780. The van der Waals surface area contributed by atoms with Gasteiger partial charge in [0.15, 0.2) is 0 Å². The van der Waals surface area contributed by atoms with E-state index in [1.165, 1.54) is 69.8 Å². The van der Waals surface area contributed by atoms with Gasteiger partial charge in [-0.15, -0.1) is 0 Å². The summed E-state index contributed by atoms with van der Waals surface area (Å²) in [6.45, 7) is 4.62. The zero-order valence-electron chi connectivity index (χ0n) is 16.1. The van der Waals surface area contributed by atoms with Crippen LogP contribution < -0.4 is 0 Å². The van der Waals surface area contributed by atoms with Crippen molar-refractivity contribution in [1.82, 2.24) is 0 Å². The molecule has 0 amide bonds. The van der Waals surface area contributed by atoms with Gasteiger partial charge in [0.2, 0.25) is 0 Å². The third-order valence-electron chi connectivity index (χ3n) is 7.23. The summed E-state index contributed by atoms with van der Waals surface area (Å²) in [7, 11) is 0. The highest BCUT2D eigenvalue weighted by atomic mass is 14.4. The second-order valence-electron chi connectivity index (χ2n) is 8.82. The predicted octanol–water partition coefficient (Wildman–Crippen LogP) is 7.34. The van der Waals surface area contributed by atoms with Gasteiger partial charge in [-0.1, -0.05) is 69.7 Å². The van der Waals surface area contributed by atoms with Crippen LogP contribution in [0.25, 0.3) is 0 Å². The predicted molar refractivity (Wildman–Crippen MR) is 105 cm³/mol. The summed E-state index contributed by atoms with van der Waals surface area (Å²) in [5.74, 6) is 4.21. The summed E-state index contributed by atoms with van der Waals surface area (Å²) in [5.41, 5.74) is 3.06. The van der Waals surface area contributed by atoms with Crippen molar-refractivity contribution in [3.05, 3.63) is 35.4 Å². The molecular weight excluding hydrogens is 288 g/mol. The van der Waals surface area contributed by atoms with Gasteiger partial charge >= 0.3 is 0 Å². The maximum Gasteiger partial charge on any atom is -0.0274 e. The van der Waals surface area contributed by atoms with Gasteiger partial charge < -0.3 is 0 Å². The standard InChI is InChI=1S/C24H38/c1-3-6-20-10-15-23(16-11-20)24-17-12-21(13-18-24)9-14-22-8-5-4-7-19(22)2/h4-5,7-8,20-21,23-24H,3,6,9-18H2,1-2H3. The fourth-order valence-electron chi connectivity index (χ4n) is 5.56. The van der Waals surface area contributed by atoms with Crippen LogP contribution in [0, 0.1) is 30.6 Å². The van der Waals surface area contributed by atoms with E-state index in [2.05, 4.69) is 38.1 Å². The van der Waals surface area contributed by atoms with Crippen LogP contribution in [-0.4, -0.2) is 0 Å². The Bertz CT molecular complexity index is 473. The van der Waals surface area contributed by atoms with Crippen LogP contribution in [-0.2, 0) is 6.42 Å². The third kappa shape index (κ3) is 4.87. The lowest BCUT2D eigenvalue weighted by molar-refractivity contribution is 0.141. The molecule has 0 saturated heterocycles. The Balaban J connectivity index is 1.38. The summed E-state index contributed by atoms with van der Waals surface area (Å²) in [4.78, 5) is 0. The first-order valence-corrected chi connectivity index (χ1v) is 10.8. The van der Waals surface area contributed by atoms with Gasteiger partial charge in [-0.3, -0.25) is 0 Å². The van der Waals surface area contributed by atoms with Crippen molar-refractivity contribution in [1.29, 1.82) is 0 Å². The molecule has 0 N–H and O–H groups in total. The zero-order valence-corrected chi connectivity index (χ0v) is 16.1. The number of hydrogen-bond acceptors (Lipinski definition) is 0. The monoisotopic (exact) mass is 326 g/mol. The van der Waals surface area contributed by atoms with E-state index < -0.39 is 0 Å². The Kier molecular flexibility index (Phi) is 6.81. The average molecular weight is 327 g/mol. The first-order chi connectivity index (χ1) is 11.8. The number of rotatable bonds is 6. The van der Waals surface area contributed by atoms with Gasteiger partial charge in [-0.05, 0) is 80.2 Å². The highest BCUT2D eigenvalue weighted by Gasteiger charge is 2.30. The van der Waals surface area contributed by atoms with Crippen molar-refractivity contribution in [3.63, 3.8) is 0 Å². The van der Waals surface area contributed by atoms with Gasteiger partial charge in [0, 0.05) is 0 Å². The second kappa shape index (κ2) is 9.07. The van der Waals surface area contributed by atoms with E-state index >= 15 is 0 Å². The quantitative estimate of drug-likeness (QED) is 0.513. The molecule has 0 aliphatic heterocycles. The molecule has 0 spiro atoms. The number of benzene rings is 1. The van der Waals surface area contributed by atoms with Gasteiger partial charge in [0.1, 0.15) is 0 Å². The fraction of sp³-hybridized carbons (Fsp3) is 0.750. The van der Waals surface area contributed by atoms with Crippen LogP contribution in [0.15, 0.2) is 24.3 Å². The highest BCUT2D eigenvalue weighted by molar-refractivity contribution is 5.25. The highest BCUT2D eigenvalue weighted by Crippen LogP contribution is 2.42. The van der Waals surface area contributed by atoms with Crippen molar-refractivity contribution in [2.24, 2.45) is 23.7 Å². The summed E-state index contributed by atoms with van der Waals surface area (Å²) in [5, 5.41) is 0. The van der Waals surface area contributed by atoms with Crippen LogP contribution in [0.4, 0.5) is 0 Å². The van der Waals surface area contributed by atoms with Crippen LogP contribution in [0.2, 0.25) is 0 Å². The van der Waals surface area contributed by atoms with E-state index in [9.17, 15) is 0 Å². The molecular formula is C24H38. The Morgan fingerprint density at radius 3 is 1.83 bits per heavy atom. The molecule has 2 fully saturated rings. The number of aryl methyl sites for hydroxylation is 2. The van der Waals surface area contributed by atoms with Gasteiger partial charge in [-0.2, -0.15) is 0 Å². The average Bonchev–Trinajstić information content (AvgIpc) is 2.63. The van der Waals surface area contributed by atoms with E-state index in [0.717, 1.165) is 23.7 Å². The molecule has 1 aromatic carbocycles. The van der Waals surface area contributed by atoms with Gasteiger partial charge in [-0.25, -0.2) is 0 Å². The van der Waals surface area contributed by atoms with E-state index in [1.807, 2.05) is 0 Å². The van der Waals surface area contributed by atoms with E-state index in [1.54, 1.807) is 18.4 Å². The lowest BCUT2D eigenvalue weighted by atomic mass is 9.68. The third-order valence-corrected chi connectivity index (χ3v) is 7.23. The molecule has 3 rings (SSSR count). The molecule has 134 valence electrons. The summed E-state index contributed by atoms with van der Waals surface area (Å²) in [6.07, 6.45) is 17.8. The molecule has 0 bridgehead atoms. The molecule has 0 radical (unpaired) electrons. The second-order valence-corrected chi connectivity index (χ2v) is 8.82. The van der Waals surface area contributed by atoms with Crippen LogP contribution >= 0.6 is 0 Å². The van der Waals surface area contributed by atoms with E-state index in [-0.39, 0.29) is 0 Å². The molecule has 0 unspecified atom stereocenters. The Labute approximate surface area is 150 Å². The molecule has 0 atom stereocenters. The van der Waals surface area contributed by atoms with Crippen molar-refractivity contribution in [2.75, 3.05) is 0 Å². The Morgan fingerprint density at radius 1 is 0.750 bits per heavy atom. The van der Waals surface area contributed by atoms with E-state index in [4.69, 9.17) is 0 Å². The Morgan fingerprint density at radius 2 is 1.29 bits per heavy atom. The largest absolute Gasteiger partial charge is 0.0654 e. The molecule has 0 heterocycles. The molecule has 0 heteroatoms. The molecule has 24 heavy (non-hydrogen) atoms. The lowest BCUT2D eigenvalue weighted by Crippen LogP contribution is -2.26. The topological polar surface area (TPSA) is 0 Å². The number of hydrogen-bond donors (Lipinski definition) is 0. The minimum atomic E-state index is 0.997. The van der Waals surface area contributed by atoms with Crippen LogP contribution in [0.5, 0.6) is 0 Å². The minimum absolute atomic E-state index is 0.997. The van der Waals surface area contributed by atoms with Crippen LogP contribution in [0.3, 0.4) is 0 Å². The summed E-state index contributed by atoms with van der Waals surface area (Å²) < 4.78 is 0. The van der Waals surface area contributed by atoms with Gasteiger partial charge in [0.05, 0.1) is 0 Å². The first-order valence-electron chi connectivity index (χ1n) is 10.8. The van der Waals surface area contributed by atoms with Crippen LogP contribution in [0.1, 0.15) is 88.7 Å². The van der Waals surface area contributed by atoms with Gasteiger partial charge in [0.25, 0.3) is 0 Å². The summed E-state index contributed by atoms with van der Waals surface area (Å²) in [6, 6.07) is 8.96. The fourth-order valence-corrected chi connectivity index (χ4v) is 5.56. The normalized spacial score (nSPS) is 31.1. The molecule has 2 aliphatic carbocycles. The maximum absolute atomic E-state index is 2.35. The van der Waals surface area contributed by atoms with Crippen molar-refractivity contribution < 1.29 is 0 Å². The molecule has 0 nitrogen and oxygen atoms in total. The molecule has 2 saturated carbocycles. The first kappa shape index (κ1) is 18.0. The summed E-state index contributed by atoms with van der Waals surface area (Å²) >= 11 is 0. The molecule has 1 aromatic rings. The van der Waals surface area contributed by atoms with Crippen molar-refractivity contribution in [2.45, 2.75) is 90.9 Å². The SMILES string of the molecule is CCCC1CCC(C2CCC(CCc3ccccc3C)CC2)CC1.